The second kappa shape index (κ2) is 5.91. The number of halogens is 5. The van der Waals surface area contributed by atoms with Gasteiger partial charge in [-0.05, 0) is 29.8 Å². The maximum absolute atomic E-state index is 13.0. The third-order valence-corrected chi connectivity index (χ3v) is 3.02. The van der Waals surface area contributed by atoms with Crippen LogP contribution in [0.15, 0.2) is 36.4 Å². The van der Waals surface area contributed by atoms with Gasteiger partial charge in [-0.25, -0.2) is 4.39 Å². The summed E-state index contributed by atoms with van der Waals surface area (Å²) >= 11 is 5.58. The largest absolute Gasteiger partial charge is 0.457 e. The van der Waals surface area contributed by atoms with Crippen LogP contribution in [0.1, 0.15) is 11.1 Å². The van der Waals surface area contributed by atoms with Gasteiger partial charge in [0, 0.05) is 12.6 Å². The number of rotatable bonds is 3. The fourth-order valence-electron chi connectivity index (χ4n) is 1.74. The number of benzene rings is 2. The Labute approximate surface area is 123 Å². The highest BCUT2D eigenvalue weighted by atomic mass is 35.5. The molecule has 0 atom stereocenters. The Morgan fingerprint density at radius 3 is 2.24 bits per heavy atom. The lowest BCUT2D eigenvalue weighted by Crippen LogP contribution is -2.12. The summed E-state index contributed by atoms with van der Waals surface area (Å²) in [7, 11) is 0. The summed E-state index contributed by atoms with van der Waals surface area (Å²) < 4.78 is 56.9. The number of hydrogen-bond acceptors (Lipinski definition) is 2. The van der Waals surface area contributed by atoms with E-state index in [0.29, 0.717) is 0 Å². The van der Waals surface area contributed by atoms with E-state index >= 15 is 0 Å². The highest BCUT2D eigenvalue weighted by Crippen LogP contribution is 2.35. The molecule has 0 saturated carbocycles. The van der Waals surface area contributed by atoms with Gasteiger partial charge in [-0.2, -0.15) is 13.2 Å². The SMILES string of the molecule is NCc1ccc(Oc2ccc(F)c(Cl)c2)cc1C(F)(F)F. The Balaban J connectivity index is 2.34. The van der Waals surface area contributed by atoms with Crippen LogP contribution in [0, 0.1) is 5.82 Å². The van der Waals surface area contributed by atoms with Crippen molar-refractivity contribution in [2.24, 2.45) is 5.73 Å². The van der Waals surface area contributed by atoms with Crippen molar-refractivity contribution in [2.75, 3.05) is 0 Å². The quantitative estimate of drug-likeness (QED) is 0.829. The second-order valence-electron chi connectivity index (χ2n) is 4.20. The molecular weight excluding hydrogens is 310 g/mol. The van der Waals surface area contributed by atoms with Crippen molar-refractivity contribution < 1.29 is 22.3 Å². The lowest BCUT2D eigenvalue weighted by Gasteiger charge is -2.14. The molecule has 0 bridgehead atoms. The van der Waals surface area contributed by atoms with Crippen molar-refractivity contribution >= 4 is 11.6 Å². The van der Waals surface area contributed by atoms with Crippen LogP contribution in [0.3, 0.4) is 0 Å². The summed E-state index contributed by atoms with van der Waals surface area (Å²) in [4.78, 5) is 0. The minimum atomic E-state index is -4.53. The molecule has 112 valence electrons. The Morgan fingerprint density at radius 1 is 1.05 bits per heavy atom. The third kappa shape index (κ3) is 3.65. The van der Waals surface area contributed by atoms with E-state index in [1.54, 1.807) is 0 Å². The molecule has 2 aromatic rings. The first-order valence-corrected chi connectivity index (χ1v) is 6.22. The monoisotopic (exact) mass is 319 g/mol. The zero-order valence-corrected chi connectivity index (χ0v) is 11.3. The molecule has 0 fully saturated rings. The lowest BCUT2D eigenvalue weighted by molar-refractivity contribution is -0.138. The molecule has 2 nitrogen and oxygen atoms in total. The Morgan fingerprint density at radius 2 is 1.67 bits per heavy atom. The van der Waals surface area contributed by atoms with E-state index in [1.165, 1.54) is 24.3 Å². The number of ether oxygens (including phenoxy) is 1. The van der Waals surface area contributed by atoms with Gasteiger partial charge in [0.15, 0.2) is 0 Å². The van der Waals surface area contributed by atoms with Crippen LogP contribution < -0.4 is 10.5 Å². The first kappa shape index (κ1) is 15.6. The molecule has 0 aliphatic heterocycles. The Bertz CT molecular complexity index is 658. The second-order valence-corrected chi connectivity index (χ2v) is 4.61. The van der Waals surface area contributed by atoms with Gasteiger partial charge in [0.25, 0.3) is 0 Å². The molecule has 7 heteroatoms. The van der Waals surface area contributed by atoms with Gasteiger partial charge in [0.05, 0.1) is 10.6 Å². The molecule has 0 amide bonds. The maximum Gasteiger partial charge on any atom is 0.416 e. The molecule has 0 aliphatic carbocycles. The van der Waals surface area contributed by atoms with Crippen molar-refractivity contribution in [1.82, 2.24) is 0 Å². The molecule has 0 saturated heterocycles. The lowest BCUT2D eigenvalue weighted by atomic mass is 10.1. The van der Waals surface area contributed by atoms with E-state index in [4.69, 9.17) is 22.1 Å². The van der Waals surface area contributed by atoms with Crippen molar-refractivity contribution in [3.63, 3.8) is 0 Å². The first-order valence-electron chi connectivity index (χ1n) is 5.84. The fraction of sp³-hybridized carbons (Fsp3) is 0.143. The van der Waals surface area contributed by atoms with E-state index in [2.05, 4.69) is 0 Å². The fourth-order valence-corrected chi connectivity index (χ4v) is 1.91. The highest BCUT2D eigenvalue weighted by Gasteiger charge is 2.33. The van der Waals surface area contributed by atoms with E-state index in [-0.39, 0.29) is 28.6 Å². The predicted octanol–water partition coefficient (Wildman–Crippen LogP) is 4.75. The molecule has 0 unspecified atom stereocenters. The minimum Gasteiger partial charge on any atom is -0.457 e. The minimum absolute atomic E-state index is 0.0352. The van der Waals surface area contributed by atoms with Crippen LogP contribution in [0.25, 0.3) is 0 Å². The van der Waals surface area contributed by atoms with E-state index in [9.17, 15) is 17.6 Å². The average molecular weight is 320 g/mol. The van der Waals surface area contributed by atoms with Crippen molar-refractivity contribution in [2.45, 2.75) is 12.7 Å². The summed E-state index contributed by atoms with van der Waals surface area (Å²) in [6, 6.07) is 6.96. The topological polar surface area (TPSA) is 35.2 Å². The van der Waals surface area contributed by atoms with Crippen LogP contribution >= 0.6 is 11.6 Å². The molecule has 0 aliphatic rings. The van der Waals surface area contributed by atoms with Gasteiger partial charge in [0.2, 0.25) is 0 Å². The number of hydrogen-bond donors (Lipinski definition) is 1. The maximum atomic E-state index is 13.0. The van der Waals surface area contributed by atoms with Gasteiger partial charge in [-0.3, -0.25) is 0 Å². The van der Waals surface area contributed by atoms with Gasteiger partial charge in [-0.15, -0.1) is 0 Å². The van der Waals surface area contributed by atoms with Crippen molar-refractivity contribution in [3.05, 3.63) is 58.4 Å². The van der Waals surface area contributed by atoms with E-state index < -0.39 is 17.6 Å². The van der Waals surface area contributed by atoms with Crippen LogP contribution in [0.2, 0.25) is 5.02 Å². The summed E-state index contributed by atoms with van der Waals surface area (Å²) in [6.45, 7) is -0.239. The molecule has 0 radical (unpaired) electrons. The number of alkyl halides is 3. The summed E-state index contributed by atoms with van der Waals surface area (Å²) in [5, 5.41) is -0.179. The molecule has 2 aromatic carbocycles. The molecular formula is C14H10ClF4NO. The highest BCUT2D eigenvalue weighted by molar-refractivity contribution is 6.30. The summed E-state index contributed by atoms with van der Waals surface area (Å²) in [5.74, 6) is -0.546. The van der Waals surface area contributed by atoms with E-state index in [1.807, 2.05) is 0 Å². The summed E-state index contributed by atoms with van der Waals surface area (Å²) in [6.07, 6.45) is -4.53. The summed E-state index contributed by atoms with van der Waals surface area (Å²) in [5.41, 5.74) is 4.39. The Kier molecular flexibility index (Phi) is 4.39. The predicted molar refractivity (Wildman–Crippen MR) is 70.8 cm³/mol. The average Bonchev–Trinajstić information content (AvgIpc) is 2.42. The normalized spacial score (nSPS) is 11.5. The zero-order chi connectivity index (χ0) is 15.6. The molecule has 0 heterocycles. The molecule has 21 heavy (non-hydrogen) atoms. The Hall–Kier alpha value is -1.79. The molecule has 0 aromatic heterocycles. The van der Waals surface area contributed by atoms with E-state index in [0.717, 1.165) is 12.1 Å². The van der Waals surface area contributed by atoms with Crippen LogP contribution in [0.4, 0.5) is 17.6 Å². The first-order chi connectivity index (χ1) is 9.81. The zero-order valence-electron chi connectivity index (χ0n) is 10.5. The van der Waals surface area contributed by atoms with Crippen molar-refractivity contribution in [1.29, 1.82) is 0 Å². The van der Waals surface area contributed by atoms with Gasteiger partial charge in [-0.1, -0.05) is 17.7 Å². The smallest absolute Gasteiger partial charge is 0.416 e. The van der Waals surface area contributed by atoms with Crippen LogP contribution in [0.5, 0.6) is 11.5 Å². The van der Waals surface area contributed by atoms with Crippen LogP contribution in [-0.2, 0) is 12.7 Å². The third-order valence-electron chi connectivity index (χ3n) is 2.73. The van der Waals surface area contributed by atoms with Gasteiger partial charge >= 0.3 is 6.18 Å². The molecule has 0 spiro atoms. The van der Waals surface area contributed by atoms with Crippen LogP contribution in [-0.4, -0.2) is 0 Å². The molecule has 2 N–H and O–H groups in total. The molecule has 2 rings (SSSR count). The standard InChI is InChI=1S/C14H10ClF4NO/c15-12-6-10(3-4-13(12)16)21-9-2-1-8(7-20)11(5-9)14(17,18)19/h1-6H,7,20H2. The van der Waals surface area contributed by atoms with Gasteiger partial charge in [0.1, 0.15) is 17.3 Å². The van der Waals surface area contributed by atoms with Gasteiger partial charge < -0.3 is 10.5 Å². The number of nitrogens with two attached hydrogens (primary N) is 1. The van der Waals surface area contributed by atoms with Crippen molar-refractivity contribution in [3.8, 4) is 11.5 Å².